The largest absolute Gasteiger partial charge is 0.534 e. The zero-order chi connectivity index (χ0) is 22.2. The Morgan fingerprint density at radius 1 is 0.871 bits per heavy atom. The Morgan fingerprint density at radius 2 is 1.45 bits per heavy atom. The number of hydrogen-bond acceptors (Lipinski definition) is 4. The number of nitrogens with zero attached hydrogens (tertiary/aromatic N) is 2. The molecule has 0 saturated heterocycles. The third-order valence-corrected chi connectivity index (χ3v) is 5.57. The van der Waals surface area contributed by atoms with Crippen molar-refractivity contribution in [3.8, 4) is 34.2 Å². The van der Waals surface area contributed by atoms with Crippen molar-refractivity contribution in [1.82, 2.24) is 4.40 Å². The Hall–Kier alpha value is -3.77. The summed E-state index contributed by atoms with van der Waals surface area (Å²) in [5.74, 6) is -0.556. The lowest BCUT2D eigenvalue weighted by Crippen LogP contribution is -2.28. The minimum Gasteiger partial charge on any atom is -0.373 e. The second-order valence-corrected chi connectivity index (χ2v) is 8.06. The van der Waals surface area contributed by atoms with Gasteiger partial charge in [0.05, 0.1) is 16.8 Å². The molecule has 31 heavy (non-hydrogen) atoms. The van der Waals surface area contributed by atoms with Crippen molar-refractivity contribution in [1.29, 1.82) is 5.26 Å². The molecule has 0 aliphatic rings. The Balaban J connectivity index is 2.19. The summed E-state index contributed by atoms with van der Waals surface area (Å²) in [6, 6.07) is 21.8. The molecule has 0 spiro atoms. The molecule has 0 fully saturated rings. The van der Waals surface area contributed by atoms with E-state index < -0.39 is 21.4 Å². The first-order valence-electron chi connectivity index (χ1n) is 8.93. The summed E-state index contributed by atoms with van der Waals surface area (Å²) >= 11 is 0. The molecule has 2 aromatic carbocycles. The van der Waals surface area contributed by atoms with Crippen LogP contribution >= 0.6 is 0 Å². The third kappa shape index (κ3) is 3.51. The third-order valence-electron chi connectivity index (χ3n) is 4.62. The SMILES string of the molecule is N#Cc1cccn2c(-c3ccccc3)c(-c3ccccc3)c(OS(=O)(=O)C(F)(F)F)c12. The molecule has 0 bridgehead atoms. The molecule has 4 aromatic rings. The highest BCUT2D eigenvalue weighted by Crippen LogP contribution is 2.46. The van der Waals surface area contributed by atoms with Gasteiger partial charge >= 0.3 is 15.6 Å². The van der Waals surface area contributed by atoms with Crippen molar-refractivity contribution >= 4 is 15.6 Å². The minimum atomic E-state index is -5.99. The summed E-state index contributed by atoms with van der Waals surface area (Å²) in [5, 5.41) is 9.57. The number of aromatic nitrogens is 1. The number of nitriles is 1. The van der Waals surface area contributed by atoms with Gasteiger partial charge in [0, 0.05) is 6.20 Å². The minimum absolute atomic E-state index is 0.0331. The van der Waals surface area contributed by atoms with Crippen LogP contribution in [0.1, 0.15) is 5.56 Å². The summed E-state index contributed by atoms with van der Waals surface area (Å²) in [6.45, 7) is 0. The van der Waals surface area contributed by atoms with Crippen LogP contribution in [0.25, 0.3) is 27.9 Å². The lowest BCUT2D eigenvalue weighted by atomic mass is 10.0. The lowest BCUT2D eigenvalue weighted by Gasteiger charge is -2.12. The highest BCUT2D eigenvalue weighted by Gasteiger charge is 2.49. The molecule has 0 saturated carbocycles. The van der Waals surface area contributed by atoms with Crippen LogP contribution in [-0.4, -0.2) is 18.3 Å². The molecule has 2 aromatic heterocycles. The molecular formula is C22H13F3N2O3S. The average molecular weight is 442 g/mol. The second-order valence-electron chi connectivity index (χ2n) is 6.52. The summed E-state index contributed by atoms with van der Waals surface area (Å²) in [5.41, 5.74) is -4.19. The van der Waals surface area contributed by atoms with E-state index in [9.17, 15) is 26.9 Å². The summed E-state index contributed by atoms with van der Waals surface area (Å²) < 4.78 is 69.6. The molecule has 0 N–H and O–H groups in total. The molecule has 5 nitrogen and oxygen atoms in total. The fraction of sp³-hybridized carbons (Fsp3) is 0.0455. The number of hydrogen-bond donors (Lipinski definition) is 0. The molecule has 9 heteroatoms. The predicted molar refractivity (Wildman–Crippen MR) is 109 cm³/mol. The molecule has 0 aliphatic heterocycles. The highest BCUT2D eigenvalue weighted by molar-refractivity contribution is 7.88. The first kappa shape index (κ1) is 20.5. The van der Waals surface area contributed by atoms with E-state index in [-0.39, 0.29) is 16.6 Å². The summed E-state index contributed by atoms with van der Waals surface area (Å²) in [6.07, 6.45) is 1.54. The van der Waals surface area contributed by atoms with Gasteiger partial charge in [-0.15, -0.1) is 0 Å². The van der Waals surface area contributed by atoms with Crippen LogP contribution in [-0.2, 0) is 10.1 Å². The standard InChI is InChI=1S/C22H13F3N2O3S/c23-22(24,25)31(28,29)30-21-18(15-8-3-1-4-9-15)19(16-10-5-2-6-11-16)27-13-7-12-17(14-26)20(21)27/h1-13H. The first-order chi connectivity index (χ1) is 14.7. The van der Waals surface area contributed by atoms with Gasteiger partial charge in [0.1, 0.15) is 11.6 Å². The molecule has 0 unspecified atom stereocenters. The van der Waals surface area contributed by atoms with E-state index in [0.717, 1.165) is 0 Å². The maximum Gasteiger partial charge on any atom is 0.534 e. The van der Waals surface area contributed by atoms with Gasteiger partial charge in [-0.05, 0) is 23.3 Å². The van der Waals surface area contributed by atoms with E-state index in [1.807, 2.05) is 6.07 Å². The highest BCUT2D eigenvalue weighted by atomic mass is 32.2. The summed E-state index contributed by atoms with van der Waals surface area (Å²) in [4.78, 5) is 0. The lowest BCUT2D eigenvalue weighted by molar-refractivity contribution is -0.0499. The molecule has 2 heterocycles. The number of fused-ring (bicyclic) bond motifs is 1. The summed E-state index contributed by atoms with van der Waals surface area (Å²) in [7, 11) is -5.99. The number of benzene rings is 2. The van der Waals surface area contributed by atoms with E-state index in [1.54, 1.807) is 66.7 Å². The molecule has 0 aliphatic carbocycles. The van der Waals surface area contributed by atoms with E-state index in [4.69, 9.17) is 0 Å². The van der Waals surface area contributed by atoms with Crippen molar-refractivity contribution in [3.05, 3.63) is 84.6 Å². The van der Waals surface area contributed by atoms with Crippen LogP contribution in [0.2, 0.25) is 0 Å². The maximum absolute atomic E-state index is 13.2. The van der Waals surface area contributed by atoms with Crippen LogP contribution in [0.5, 0.6) is 5.75 Å². The number of pyridine rings is 1. The van der Waals surface area contributed by atoms with Gasteiger partial charge in [0.25, 0.3) is 0 Å². The van der Waals surface area contributed by atoms with Crippen LogP contribution in [0.4, 0.5) is 13.2 Å². The predicted octanol–water partition coefficient (Wildman–Crippen LogP) is 5.37. The van der Waals surface area contributed by atoms with E-state index in [1.165, 1.54) is 16.7 Å². The molecule has 4 rings (SSSR count). The van der Waals surface area contributed by atoms with E-state index in [0.29, 0.717) is 16.8 Å². The zero-order valence-corrected chi connectivity index (χ0v) is 16.5. The quantitative estimate of drug-likeness (QED) is 0.315. The monoisotopic (exact) mass is 442 g/mol. The van der Waals surface area contributed by atoms with Gasteiger partial charge in [-0.25, -0.2) is 0 Å². The maximum atomic E-state index is 13.2. The van der Waals surface area contributed by atoms with Crippen LogP contribution in [0.15, 0.2) is 79.0 Å². The fourth-order valence-electron chi connectivity index (χ4n) is 3.35. The molecular weight excluding hydrogens is 429 g/mol. The average Bonchev–Trinajstić information content (AvgIpc) is 3.08. The van der Waals surface area contributed by atoms with Crippen molar-refractivity contribution in [3.63, 3.8) is 0 Å². The van der Waals surface area contributed by atoms with Gasteiger partial charge < -0.3 is 8.58 Å². The topological polar surface area (TPSA) is 71.6 Å². The molecule has 0 amide bonds. The Kier molecular flexibility index (Phi) is 4.95. The fourth-order valence-corrected chi connectivity index (χ4v) is 3.83. The Morgan fingerprint density at radius 3 is 2.00 bits per heavy atom. The van der Waals surface area contributed by atoms with Crippen molar-refractivity contribution < 1.29 is 25.8 Å². The second kappa shape index (κ2) is 7.49. The van der Waals surface area contributed by atoms with E-state index >= 15 is 0 Å². The molecule has 0 radical (unpaired) electrons. The number of halogens is 3. The van der Waals surface area contributed by atoms with E-state index in [2.05, 4.69) is 4.18 Å². The Labute approximate surface area is 175 Å². The normalized spacial score (nSPS) is 11.9. The zero-order valence-electron chi connectivity index (χ0n) is 15.7. The van der Waals surface area contributed by atoms with Crippen molar-refractivity contribution in [2.24, 2.45) is 0 Å². The van der Waals surface area contributed by atoms with Crippen LogP contribution < -0.4 is 4.18 Å². The molecule has 0 atom stereocenters. The van der Waals surface area contributed by atoms with Gasteiger partial charge in [-0.3, -0.25) is 0 Å². The van der Waals surface area contributed by atoms with Crippen molar-refractivity contribution in [2.75, 3.05) is 0 Å². The molecule has 156 valence electrons. The van der Waals surface area contributed by atoms with Gasteiger partial charge in [-0.2, -0.15) is 26.9 Å². The van der Waals surface area contributed by atoms with Crippen LogP contribution in [0.3, 0.4) is 0 Å². The van der Waals surface area contributed by atoms with Gasteiger partial charge in [-0.1, -0.05) is 60.7 Å². The number of alkyl halides is 3. The first-order valence-corrected chi connectivity index (χ1v) is 10.3. The van der Waals surface area contributed by atoms with Gasteiger partial charge in [0.15, 0.2) is 5.75 Å². The Bertz CT molecular complexity index is 1410. The van der Waals surface area contributed by atoms with Crippen molar-refractivity contribution in [2.45, 2.75) is 5.51 Å². The van der Waals surface area contributed by atoms with Gasteiger partial charge in [0.2, 0.25) is 0 Å². The number of rotatable bonds is 4. The smallest absolute Gasteiger partial charge is 0.373 e. The van der Waals surface area contributed by atoms with Crippen LogP contribution in [0, 0.1) is 11.3 Å².